The predicted octanol–water partition coefficient (Wildman–Crippen LogP) is 1.64. The van der Waals surface area contributed by atoms with Crippen molar-refractivity contribution in [1.29, 1.82) is 0 Å². The van der Waals surface area contributed by atoms with Gasteiger partial charge in [-0.05, 0) is 31.2 Å². The molecule has 0 aromatic carbocycles. The number of carbonyl (C=O) groups excluding carboxylic acids is 1. The average Bonchev–Trinajstić information content (AvgIpc) is 2.63. The van der Waals surface area contributed by atoms with Crippen molar-refractivity contribution in [3.8, 4) is 0 Å². The summed E-state index contributed by atoms with van der Waals surface area (Å²) in [6, 6.07) is 0. The largest absolute Gasteiger partial charge is 0.466 e. The van der Waals surface area contributed by atoms with E-state index in [9.17, 15) is 4.79 Å². The van der Waals surface area contributed by atoms with E-state index in [1.807, 2.05) is 13.1 Å². The summed E-state index contributed by atoms with van der Waals surface area (Å²) in [6.07, 6.45) is 3.78. The fourth-order valence-corrected chi connectivity index (χ4v) is 3.42. The van der Waals surface area contributed by atoms with Crippen molar-refractivity contribution in [3.63, 3.8) is 0 Å². The average molecular weight is 220 g/mol. The van der Waals surface area contributed by atoms with Gasteiger partial charge in [0.1, 0.15) is 0 Å². The SMILES string of the molecule is CCOC(=O)C1(CC)C2Cc3c[nH]nc3C21. The highest BCUT2D eigenvalue weighted by molar-refractivity contribution is 5.84. The standard InChI is InChI=1S/C12H16N2O2/c1-3-12(11(15)16-4-2)8-5-7-6-13-14-10(7)9(8)12/h6,8-9H,3-5H2,1-2H3,(H,13,14). The third-order valence-corrected chi connectivity index (χ3v) is 4.24. The van der Waals surface area contributed by atoms with Crippen LogP contribution in [0, 0.1) is 11.3 Å². The Morgan fingerprint density at radius 1 is 1.69 bits per heavy atom. The lowest BCUT2D eigenvalue weighted by Gasteiger charge is -2.16. The molecule has 0 radical (unpaired) electrons. The zero-order valence-electron chi connectivity index (χ0n) is 9.62. The lowest BCUT2D eigenvalue weighted by Crippen LogP contribution is -2.23. The van der Waals surface area contributed by atoms with Crippen molar-refractivity contribution < 1.29 is 9.53 Å². The highest BCUT2D eigenvalue weighted by atomic mass is 16.5. The molecular formula is C12H16N2O2. The molecule has 0 bridgehead atoms. The third kappa shape index (κ3) is 0.950. The number of carbonyl (C=O) groups is 1. The summed E-state index contributed by atoms with van der Waals surface area (Å²) < 4.78 is 5.21. The maximum Gasteiger partial charge on any atom is 0.313 e. The molecule has 16 heavy (non-hydrogen) atoms. The van der Waals surface area contributed by atoms with Crippen LogP contribution < -0.4 is 0 Å². The molecule has 1 N–H and O–H groups in total. The fourth-order valence-electron chi connectivity index (χ4n) is 3.42. The molecule has 2 aliphatic carbocycles. The van der Waals surface area contributed by atoms with E-state index in [4.69, 9.17) is 4.74 Å². The third-order valence-electron chi connectivity index (χ3n) is 4.24. The number of fused-ring (bicyclic) bond motifs is 3. The molecule has 2 aliphatic rings. The molecule has 1 fully saturated rings. The van der Waals surface area contributed by atoms with Crippen LogP contribution >= 0.6 is 0 Å². The first-order chi connectivity index (χ1) is 7.75. The molecule has 0 aliphatic heterocycles. The van der Waals surface area contributed by atoms with Crippen LogP contribution in [-0.4, -0.2) is 22.8 Å². The lowest BCUT2D eigenvalue weighted by atomic mass is 9.92. The summed E-state index contributed by atoms with van der Waals surface area (Å²) in [5.74, 6) is 0.711. The van der Waals surface area contributed by atoms with Gasteiger partial charge in [-0.3, -0.25) is 9.89 Å². The van der Waals surface area contributed by atoms with Gasteiger partial charge in [0.05, 0.1) is 17.7 Å². The highest BCUT2D eigenvalue weighted by Crippen LogP contribution is 2.72. The van der Waals surface area contributed by atoms with Crippen molar-refractivity contribution in [2.75, 3.05) is 6.61 Å². The molecule has 0 amide bonds. The fraction of sp³-hybridized carbons (Fsp3) is 0.667. The number of ether oxygens (including phenoxy) is 1. The molecule has 3 unspecified atom stereocenters. The number of hydrogen-bond donors (Lipinski definition) is 1. The number of aromatic nitrogens is 2. The van der Waals surface area contributed by atoms with Crippen LogP contribution in [0.5, 0.6) is 0 Å². The summed E-state index contributed by atoms with van der Waals surface area (Å²) in [4.78, 5) is 12.0. The van der Waals surface area contributed by atoms with Crippen LogP contribution in [0.2, 0.25) is 0 Å². The Bertz CT molecular complexity index is 440. The minimum Gasteiger partial charge on any atom is -0.466 e. The highest BCUT2D eigenvalue weighted by Gasteiger charge is 2.73. The van der Waals surface area contributed by atoms with Gasteiger partial charge in [-0.1, -0.05) is 6.92 Å². The zero-order chi connectivity index (χ0) is 11.3. The number of rotatable bonds is 3. The lowest BCUT2D eigenvalue weighted by molar-refractivity contribution is -0.150. The van der Waals surface area contributed by atoms with E-state index < -0.39 is 0 Å². The summed E-state index contributed by atoms with van der Waals surface area (Å²) in [5.41, 5.74) is 2.11. The first-order valence-electron chi connectivity index (χ1n) is 5.95. The Morgan fingerprint density at radius 2 is 2.50 bits per heavy atom. The van der Waals surface area contributed by atoms with E-state index in [-0.39, 0.29) is 11.4 Å². The molecule has 0 saturated heterocycles. The molecular weight excluding hydrogens is 204 g/mol. The van der Waals surface area contributed by atoms with Crippen molar-refractivity contribution >= 4 is 5.97 Å². The molecule has 4 nitrogen and oxygen atoms in total. The number of aromatic amines is 1. The monoisotopic (exact) mass is 220 g/mol. The maximum absolute atomic E-state index is 12.0. The van der Waals surface area contributed by atoms with Crippen molar-refractivity contribution in [1.82, 2.24) is 10.2 Å². The van der Waals surface area contributed by atoms with Gasteiger partial charge in [0.15, 0.2) is 0 Å². The minimum atomic E-state index is -0.266. The smallest absolute Gasteiger partial charge is 0.313 e. The van der Waals surface area contributed by atoms with E-state index >= 15 is 0 Å². The number of esters is 1. The topological polar surface area (TPSA) is 55.0 Å². The summed E-state index contributed by atoms with van der Waals surface area (Å²) >= 11 is 0. The Morgan fingerprint density at radius 3 is 3.19 bits per heavy atom. The van der Waals surface area contributed by atoms with Gasteiger partial charge < -0.3 is 4.74 Å². The minimum absolute atomic E-state index is 0.0267. The number of nitrogens with zero attached hydrogens (tertiary/aromatic N) is 1. The van der Waals surface area contributed by atoms with Crippen LogP contribution in [0.4, 0.5) is 0 Å². The van der Waals surface area contributed by atoms with Crippen LogP contribution in [0.1, 0.15) is 37.4 Å². The molecule has 3 atom stereocenters. The first-order valence-corrected chi connectivity index (χ1v) is 5.95. The Labute approximate surface area is 94.4 Å². The van der Waals surface area contributed by atoms with Gasteiger partial charge >= 0.3 is 5.97 Å². The molecule has 1 saturated carbocycles. The van der Waals surface area contributed by atoms with E-state index in [1.54, 1.807) is 0 Å². The van der Waals surface area contributed by atoms with E-state index in [0.717, 1.165) is 18.5 Å². The number of nitrogens with one attached hydrogen (secondary N) is 1. The van der Waals surface area contributed by atoms with Gasteiger partial charge in [-0.25, -0.2) is 0 Å². The van der Waals surface area contributed by atoms with Crippen molar-refractivity contribution in [2.45, 2.75) is 32.6 Å². The molecule has 1 heterocycles. The predicted molar refractivity (Wildman–Crippen MR) is 57.9 cm³/mol. The Balaban J connectivity index is 1.91. The zero-order valence-corrected chi connectivity index (χ0v) is 9.62. The second-order valence-corrected chi connectivity index (χ2v) is 4.70. The molecule has 1 aromatic rings. The second kappa shape index (κ2) is 3.09. The van der Waals surface area contributed by atoms with Crippen molar-refractivity contribution in [2.24, 2.45) is 11.3 Å². The van der Waals surface area contributed by atoms with E-state index in [1.165, 1.54) is 5.56 Å². The Hall–Kier alpha value is -1.32. The van der Waals surface area contributed by atoms with Crippen LogP contribution in [0.25, 0.3) is 0 Å². The molecule has 3 rings (SSSR count). The summed E-state index contributed by atoms with van der Waals surface area (Å²) in [5, 5.41) is 7.16. The van der Waals surface area contributed by atoms with Gasteiger partial charge in [0.2, 0.25) is 0 Å². The maximum atomic E-state index is 12.0. The van der Waals surface area contributed by atoms with E-state index in [0.29, 0.717) is 18.4 Å². The second-order valence-electron chi connectivity index (χ2n) is 4.70. The van der Waals surface area contributed by atoms with Gasteiger partial charge in [0.25, 0.3) is 0 Å². The summed E-state index contributed by atoms with van der Waals surface area (Å²) in [7, 11) is 0. The molecule has 4 heteroatoms. The summed E-state index contributed by atoms with van der Waals surface area (Å²) in [6.45, 7) is 4.40. The van der Waals surface area contributed by atoms with Crippen LogP contribution in [-0.2, 0) is 16.0 Å². The van der Waals surface area contributed by atoms with Crippen LogP contribution in [0.3, 0.4) is 0 Å². The van der Waals surface area contributed by atoms with Gasteiger partial charge in [0, 0.05) is 12.1 Å². The first kappa shape index (κ1) is 9.87. The van der Waals surface area contributed by atoms with E-state index in [2.05, 4.69) is 17.1 Å². The van der Waals surface area contributed by atoms with Crippen molar-refractivity contribution in [3.05, 3.63) is 17.5 Å². The molecule has 1 aromatic heterocycles. The number of H-pyrrole nitrogens is 1. The quantitative estimate of drug-likeness (QED) is 0.788. The molecule has 0 spiro atoms. The van der Waals surface area contributed by atoms with Crippen LogP contribution in [0.15, 0.2) is 6.20 Å². The van der Waals surface area contributed by atoms with Gasteiger partial charge in [-0.2, -0.15) is 5.10 Å². The van der Waals surface area contributed by atoms with Gasteiger partial charge in [-0.15, -0.1) is 0 Å². The Kier molecular flexibility index (Phi) is 1.91. The normalized spacial score (nSPS) is 34.4. The molecule has 86 valence electrons. The number of hydrogen-bond acceptors (Lipinski definition) is 3.